The monoisotopic (exact) mass is 442 g/mol. The minimum atomic E-state index is -0.978. The van der Waals surface area contributed by atoms with Gasteiger partial charge < -0.3 is 4.74 Å². The fourth-order valence-electron chi connectivity index (χ4n) is 2.45. The number of benzene rings is 3. The van der Waals surface area contributed by atoms with E-state index in [0.29, 0.717) is 16.7 Å². The Kier molecular flexibility index (Phi) is 5.60. The van der Waals surface area contributed by atoms with Gasteiger partial charge in [-0.15, -0.1) is 0 Å². The average Bonchev–Trinajstić information content (AvgIpc) is 2.67. The van der Waals surface area contributed by atoms with Crippen molar-refractivity contribution < 1.29 is 14.3 Å². The summed E-state index contributed by atoms with van der Waals surface area (Å²) in [6, 6.07) is 25.0. The summed E-state index contributed by atoms with van der Waals surface area (Å²) in [5.74, 6) is -0.762. The van der Waals surface area contributed by atoms with Crippen LogP contribution in [-0.4, -0.2) is 11.8 Å². The van der Waals surface area contributed by atoms with Crippen molar-refractivity contribution in [2.75, 3.05) is 0 Å². The van der Waals surface area contributed by atoms with Gasteiger partial charge in [0, 0.05) is 14.7 Å². The van der Waals surface area contributed by atoms with Gasteiger partial charge in [-0.05, 0) is 40.8 Å². The molecule has 3 nitrogen and oxygen atoms in total. The van der Waals surface area contributed by atoms with Crippen molar-refractivity contribution in [2.24, 2.45) is 0 Å². The quantitative estimate of drug-likeness (QED) is 0.315. The Morgan fingerprint density at radius 2 is 1.36 bits per heavy atom. The van der Waals surface area contributed by atoms with Crippen LogP contribution in [0.5, 0.6) is 0 Å². The molecule has 0 spiro atoms. The van der Waals surface area contributed by atoms with E-state index in [0.717, 1.165) is 3.57 Å². The third-order valence-electron chi connectivity index (χ3n) is 3.68. The summed E-state index contributed by atoms with van der Waals surface area (Å²) in [6.07, 6.45) is -0.978. The van der Waals surface area contributed by atoms with Crippen molar-refractivity contribution in [1.29, 1.82) is 0 Å². The van der Waals surface area contributed by atoms with Crippen molar-refractivity contribution in [3.05, 3.63) is 105 Å². The lowest BCUT2D eigenvalue weighted by Crippen LogP contribution is -2.20. The Morgan fingerprint density at radius 3 is 2.00 bits per heavy atom. The van der Waals surface area contributed by atoms with Gasteiger partial charge in [-0.1, -0.05) is 66.7 Å². The number of rotatable bonds is 5. The zero-order valence-corrected chi connectivity index (χ0v) is 15.4. The molecule has 0 aliphatic carbocycles. The van der Waals surface area contributed by atoms with Crippen molar-refractivity contribution in [3.63, 3.8) is 0 Å². The Balaban J connectivity index is 1.92. The molecule has 124 valence electrons. The molecule has 0 heterocycles. The standard InChI is InChI=1S/C21H15IO3/c22-18-13-7-12-17(14-18)21(24)25-20(16-10-5-2-6-11-16)19(23)15-8-3-1-4-9-15/h1-14,20H/t20-/m0/s1. The maximum atomic E-state index is 12.9. The van der Waals surface area contributed by atoms with E-state index < -0.39 is 12.1 Å². The third-order valence-corrected chi connectivity index (χ3v) is 4.35. The van der Waals surface area contributed by atoms with E-state index in [1.807, 2.05) is 30.3 Å². The maximum absolute atomic E-state index is 12.9. The Bertz CT molecular complexity index is 876. The molecular formula is C21H15IO3. The molecule has 1 atom stereocenters. The molecule has 3 aromatic carbocycles. The minimum absolute atomic E-state index is 0.245. The first-order valence-electron chi connectivity index (χ1n) is 7.76. The summed E-state index contributed by atoms with van der Waals surface area (Å²) in [5, 5.41) is 0. The number of Topliss-reactive ketones (excluding diaryl/α,β-unsaturated/α-hetero) is 1. The lowest BCUT2D eigenvalue weighted by atomic mass is 10.00. The molecule has 4 heteroatoms. The second kappa shape index (κ2) is 8.07. The van der Waals surface area contributed by atoms with Crippen LogP contribution in [0.2, 0.25) is 0 Å². The van der Waals surface area contributed by atoms with Gasteiger partial charge in [0.05, 0.1) is 5.56 Å². The maximum Gasteiger partial charge on any atom is 0.339 e. The van der Waals surface area contributed by atoms with Crippen LogP contribution in [0.15, 0.2) is 84.9 Å². The molecule has 25 heavy (non-hydrogen) atoms. The predicted molar refractivity (Wildman–Crippen MR) is 105 cm³/mol. The normalized spacial score (nSPS) is 11.6. The number of esters is 1. The highest BCUT2D eigenvalue weighted by atomic mass is 127. The second-order valence-corrected chi connectivity index (χ2v) is 6.68. The Hall–Kier alpha value is -2.47. The fourth-order valence-corrected chi connectivity index (χ4v) is 2.99. The molecule has 0 aromatic heterocycles. The molecule has 0 saturated carbocycles. The smallest absolute Gasteiger partial charge is 0.339 e. The first-order chi connectivity index (χ1) is 12.1. The van der Waals surface area contributed by atoms with Crippen LogP contribution in [0.4, 0.5) is 0 Å². The van der Waals surface area contributed by atoms with E-state index in [4.69, 9.17) is 4.74 Å². The number of carbonyl (C=O) groups excluding carboxylic acids is 2. The first-order valence-corrected chi connectivity index (χ1v) is 8.84. The van der Waals surface area contributed by atoms with Gasteiger partial charge in [-0.2, -0.15) is 0 Å². The number of ketones is 1. The van der Waals surface area contributed by atoms with Crippen LogP contribution in [0.25, 0.3) is 0 Å². The van der Waals surface area contributed by atoms with Crippen LogP contribution in [0, 0.1) is 3.57 Å². The Morgan fingerprint density at radius 1 is 0.760 bits per heavy atom. The molecular weight excluding hydrogens is 427 g/mol. The molecule has 0 aliphatic heterocycles. The van der Waals surface area contributed by atoms with E-state index in [-0.39, 0.29) is 5.78 Å². The molecule has 0 saturated heterocycles. The number of ether oxygens (including phenoxy) is 1. The first kappa shape index (κ1) is 17.4. The van der Waals surface area contributed by atoms with E-state index in [9.17, 15) is 9.59 Å². The summed E-state index contributed by atoms with van der Waals surface area (Å²) >= 11 is 2.13. The van der Waals surface area contributed by atoms with Gasteiger partial charge in [0.25, 0.3) is 0 Å². The van der Waals surface area contributed by atoms with Gasteiger partial charge in [0.1, 0.15) is 0 Å². The summed E-state index contributed by atoms with van der Waals surface area (Å²) < 4.78 is 6.53. The summed E-state index contributed by atoms with van der Waals surface area (Å²) in [4.78, 5) is 25.4. The minimum Gasteiger partial charge on any atom is -0.445 e. The molecule has 0 radical (unpaired) electrons. The predicted octanol–water partition coefficient (Wildman–Crippen LogP) is 5.07. The molecule has 0 bridgehead atoms. The van der Waals surface area contributed by atoms with Crippen LogP contribution in [0.3, 0.4) is 0 Å². The van der Waals surface area contributed by atoms with Gasteiger partial charge in [-0.25, -0.2) is 4.79 Å². The zero-order chi connectivity index (χ0) is 17.6. The average molecular weight is 442 g/mol. The third kappa shape index (κ3) is 4.33. The second-order valence-electron chi connectivity index (χ2n) is 5.44. The van der Waals surface area contributed by atoms with Gasteiger partial charge in [0.15, 0.2) is 6.10 Å². The zero-order valence-electron chi connectivity index (χ0n) is 13.3. The van der Waals surface area contributed by atoms with E-state index in [2.05, 4.69) is 22.6 Å². The fraction of sp³-hybridized carbons (Fsp3) is 0.0476. The number of hydrogen-bond donors (Lipinski definition) is 0. The topological polar surface area (TPSA) is 43.4 Å². The van der Waals surface area contributed by atoms with Crippen molar-refractivity contribution in [1.82, 2.24) is 0 Å². The molecule has 0 amide bonds. The van der Waals surface area contributed by atoms with Crippen molar-refractivity contribution in [2.45, 2.75) is 6.10 Å². The lowest BCUT2D eigenvalue weighted by molar-refractivity contribution is 0.0280. The molecule has 3 rings (SSSR count). The van der Waals surface area contributed by atoms with Crippen molar-refractivity contribution in [3.8, 4) is 0 Å². The SMILES string of the molecule is O=C(O[C@H](C(=O)c1ccccc1)c1ccccc1)c1cccc(I)c1. The molecule has 0 fully saturated rings. The van der Waals surface area contributed by atoms with Crippen molar-refractivity contribution >= 4 is 34.3 Å². The highest BCUT2D eigenvalue weighted by molar-refractivity contribution is 14.1. The van der Waals surface area contributed by atoms with Gasteiger partial charge >= 0.3 is 5.97 Å². The van der Waals surface area contributed by atoms with E-state index in [1.165, 1.54) is 0 Å². The summed E-state index contributed by atoms with van der Waals surface area (Å²) in [6.45, 7) is 0. The van der Waals surface area contributed by atoms with Gasteiger partial charge in [-0.3, -0.25) is 4.79 Å². The highest BCUT2D eigenvalue weighted by Crippen LogP contribution is 2.24. The van der Waals surface area contributed by atoms with Crippen LogP contribution in [0.1, 0.15) is 32.4 Å². The number of carbonyl (C=O) groups is 2. The Labute approximate surface area is 159 Å². The summed E-state index contributed by atoms with van der Waals surface area (Å²) in [5.41, 5.74) is 1.58. The molecule has 0 N–H and O–H groups in total. The number of halogens is 1. The lowest BCUT2D eigenvalue weighted by Gasteiger charge is -2.17. The van der Waals surface area contributed by atoms with Crippen LogP contribution in [-0.2, 0) is 4.74 Å². The molecule has 3 aromatic rings. The van der Waals surface area contributed by atoms with E-state index in [1.54, 1.807) is 54.6 Å². The van der Waals surface area contributed by atoms with Gasteiger partial charge in [0.2, 0.25) is 5.78 Å². The highest BCUT2D eigenvalue weighted by Gasteiger charge is 2.26. The molecule has 0 aliphatic rings. The largest absolute Gasteiger partial charge is 0.445 e. The summed E-state index contributed by atoms with van der Waals surface area (Å²) in [7, 11) is 0. The number of hydrogen-bond acceptors (Lipinski definition) is 3. The van der Waals surface area contributed by atoms with E-state index >= 15 is 0 Å². The van der Waals surface area contributed by atoms with Crippen LogP contribution >= 0.6 is 22.6 Å². The van der Waals surface area contributed by atoms with Crippen LogP contribution < -0.4 is 0 Å². The molecule has 0 unspecified atom stereocenters.